The van der Waals surface area contributed by atoms with E-state index in [-0.39, 0.29) is 23.1 Å². The summed E-state index contributed by atoms with van der Waals surface area (Å²) in [6, 6.07) is 0. The van der Waals surface area contributed by atoms with Crippen LogP contribution in [-0.2, 0) is 0 Å². The minimum absolute atomic E-state index is 0. The first-order valence-electron chi connectivity index (χ1n) is 6.97. The van der Waals surface area contributed by atoms with Crippen molar-refractivity contribution >= 4 is 39.0 Å². The Bertz CT molecular complexity index is 94.9. The van der Waals surface area contributed by atoms with Crippen LogP contribution in [0, 0.1) is 0 Å². The van der Waals surface area contributed by atoms with Crippen molar-refractivity contribution in [1.29, 1.82) is 0 Å². The Labute approximate surface area is 128 Å². The topological polar surface area (TPSA) is 0 Å². The molecule has 94 valence electrons. The summed E-state index contributed by atoms with van der Waals surface area (Å²) in [4.78, 5) is 0. The zero-order valence-corrected chi connectivity index (χ0v) is 14.3. The van der Waals surface area contributed by atoms with E-state index in [9.17, 15) is 0 Å². The van der Waals surface area contributed by atoms with Crippen LogP contribution in [0.5, 0.6) is 0 Å². The van der Waals surface area contributed by atoms with E-state index in [1.54, 1.807) is 0 Å². The molecule has 0 aromatic heterocycles. The van der Waals surface area contributed by atoms with Crippen molar-refractivity contribution < 1.29 is 0 Å². The first-order valence-corrected chi connectivity index (χ1v) is 8.10. The summed E-state index contributed by atoms with van der Waals surface area (Å²) in [6.45, 7) is 2.28. The molecule has 0 aliphatic rings. The third-order valence-electron chi connectivity index (χ3n) is 2.99. The van der Waals surface area contributed by atoms with Crippen molar-refractivity contribution in [3.8, 4) is 0 Å². The van der Waals surface area contributed by atoms with Gasteiger partial charge in [0.25, 0.3) is 0 Å². The third kappa shape index (κ3) is 17.6. The Kier molecular flexibility index (Phi) is 22.8. The van der Waals surface area contributed by atoms with E-state index in [1.165, 1.54) is 82.4 Å². The van der Waals surface area contributed by atoms with Crippen LogP contribution in [0.25, 0.3) is 0 Å². The fourth-order valence-electron chi connectivity index (χ4n) is 1.94. The molecule has 0 amide bonds. The second-order valence-electron chi connectivity index (χ2n) is 4.58. The fourth-order valence-corrected chi connectivity index (χ4v) is 2.33. The number of hydrogen-bond donors (Lipinski definition) is 0. The average molecular weight is 302 g/mol. The maximum Gasteiger partial charge on any atom is 0.00313 e. The first-order chi connectivity index (χ1) is 7.41. The van der Waals surface area contributed by atoms with Crippen molar-refractivity contribution in [2.45, 2.75) is 84.0 Å². The van der Waals surface area contributed by atoms with Crippen LogP contribution < -0.4 is 0 Å². The van der Waals surface area contributed by atoms with Crippen LogP contribution in [0.1, 0.15) is 84.0 Å². The number of alkyl halides is 1. The Balaban J connectivity index is 0. The summed E-state index contributed by atoms with van der Waals surface area (Å²) in [7, 11) is 0. The molecule has 0 aliphatic heterocycles. The highest BCUT2D eigenvalue weighted by atomic mass is 79.9. The first kappa shape index (κ1) is 19.6. The van der Waals surface area contributed by atoms with Crippen LogP contribution in [0.3, 0.4) is 0 Å². The molecule has 0 aromatic rings. The minimum Gasteiger partial charge on any atom is -0.0928 e. The maximum atomic E-state index is 3.47. The van der Waals surface area contributed by atoms with Crippen molar-refractivity contribution in [2.75, 3.05) is 5.33 Å². The zero-order valence-electron chi connectivity index (χ0n) is 11.3. The van der Waals surface area contributed by atoms with E-state index < -0.39 is 0 Å². The molecule has 0 nitrogen and oxygen atoms in total. The number of hydrogen-bond acceptors (Lipinski definition) is 0. The molecule has 0 heterocycles. The molecule has 2 heteroatoms. The van der Waals surface area contributed by atoms with Crippen LogP contribution in [0.4, 0.5) is 0 Å². The largest absolute Gasteiger partial charge is 0.0928 e. The lowest BCUT2D eigenvalue weighted by atomic mass is 10.1. The van der Waals surface area contributed by atoms with Crippen LogP contribution >= 0.6 is 15.9 Å². The highest BCUT2D eigenvalue weighted by molar-refractivity contribution is 9.09. The molecule has 16 heavy (non-hydrogen) atoms. The lowest BCUT2D eigenvalue weighted by Crippen LogP contribution is -1.82. The van der Waals surface area contributed by atoms with Crippen molar-refractivity contribution in [2.24, 2.45) is 0 Å². The van der Waals surface area contributed by atoms with Gasteiger partial charge in [0.05, 0.1) is 0 Å². The Morgan fingerprint density at radius 3 is 1.19 bits per heavy atom. The Morgan fingerprint density at radius 2 is 0.875 bits per heavy atom. The smallest absolute Gasteiger partial charge is 0.00313 e. The van der Waals surface area contributed by atoms with E-state index in [0.29, 0.717) is 0 Å². The van der Waals surface area contributed by atoms with Gasteiger partial charge in [-0.15, -0.1) is 0 Å². The number of halogens is 1. The summed E-state index contributed by atoms with van der Waals surface area (Å²) in [5.74, 6) is 0. The molecule has 0 atom stereocenters. The van der Waals surface area contributed by atoms with Crippen LogP contribution in [-0.4, -0.2) is 28.4 Å². The Hall–Kier alpha value is 1.25. The fraction of sp³-hybridized carbons (Fsp3) is 1.00. The average Bonchev–Trinajstić information content (AvgIpc) is 2.26. The third-order valence-corrected chi connectivity index (χ3v) is 3.55. The predicted molar refractivity (Wildman–Crippen MR) is 80.6 cm³/mol. The summed E-state index contributed by atoms with van der Waals surface area (Å²) < 4.78 is 0. The maximum absolute atomic E-state index is 3.47. The molecule has 0 rings (SSSR count). The van der Waals surface area contributed by atoms with E-state index in [1.807, 2.05) is 0 Å². The van der Waals surface area contributed by atoms with Gasteiger partial charge in [0.15, 0.2) is 0 Å². The van der Waals surface area contributed by atoms with Crippen molar-refractivity contribution in [3.63, 3.8) is 0 Å². The molecule has 0 saturated carbocycles. The minimum atomic E-state index is 0. The molecule has 0 fully saturated rings. The van der Waals surface area contributed by atoms with Gasteiger partial charge in [0, 0.05) is 28.4 Å². The lowest BCUT2D eigenvalue weighted by Gasteiger charge is -2.01. The molecule has 2 radical (unpaired) electrons. The normalized spacial score (nSPS) is 10.1. The van der Waals surface area contributed by atoms with E-state index in [2.05, 4.69) is 22.9 Å². The molecule has 0 unspecified atom stereocenters. The van der Waals surface area contributed by atoms with Gasteiger partial charge in [0.2, 0.25) is 0 Å². The molecular formula is C14H29BrMg. The summed E-state index contributed by atoms with van der Waals surface area (Å²) >= 11 is 3.47. The molecule has 0 N–H and O–H groups in total. The zero-order chi connectivity index (χ0) is 11.2. The quantitative estimate of drug-likeness (QED) is 0.246. The molecule has 0 aromatic carbocycles. The van der Waals surface area contributed by atoms with Gasteiger partial charge in [-0.25, -0.2) is 0 Å². The predicted octanol–water partition coefficient (Wildman–Crippen LogP) is 5.70. The molecule has 0 aliphatic carbocycles. The highest BCUT2D eigenvalue weighted by Crippen LogP contribution is 2.11. The molecule has 0 bridgehead atoms. The Morgan fingerprint density at radius 1 is 0.562 bits per heavy atom. The molecule has 0 saturated heterocycles. The van der Waals surface area contributed by atoms with Gasteiger partial charge in [-0.3, -0.25) is 0 Å². The van der Waals surface area contributed by atoms with E-state index >= 15 is 0 Å². The summed E-state index contributed by atoms with van der Waals surface area (Å²) in [5.41, 5.74) is 0. The summed E-state index contributed by atoms with van der Waals surface area (Å²) in [6.07, 6.45) is 17.3. The lowest BCUT2D eigenvalue weighted by molar-refractivity contribution is 0.548. The second kappa shape index (κ2) is 18.6. The molecule has 0 spiro atoms. The van der Waals surface area contributed by atoms with E-state index in [4.69, 9.17) is 0 Å². The standard InChI is InChI=1S/C14H29Br.Mg/c1-2-3-4-5-6-7-8-9-10-11-12-13-14-15;/h2-14H2,1H3;. The monoisotopic (exact) mass is 300 g/mol. The molecular weight excluding hydrogens is 272 g/mol. The van der Waals surface area contributed by atoms with Gasteiger partial charge < -0.3 is 0 Å². The van der Waals surface area contributed by atoms with Crippen molar-refractivity contribution in [3.05, 3.63) is 0 Å². The van der Waals surface area contributed by atoms with Crippen LogP contribution in [0.15, 0.2) is 0 Å². The van der Waals surface area contributed by atoms with Crippen LogP contribution in [0.2, 0.25) is 0 Å². The second-order valence-corrected chi connectivity index (χ2v) is 5.37. The van der Waals surface area contributed by atoms with E-state index in [0.717, 1.165) is 0 Å². The van der Waals surface area contributed by atoms with Gasteiger partial charge in [-0.05, 0) is 6.42 Å². The summed E-state index contributed by atoms with van der Waals surface area (Å²) in [5, 5.41) is 1.18. The van der Waals surface area contributed by atoms with Crippen molar-refractivity contribution in [1.82, 2.24) is 0 Å². The SMILES string of the molecule is CCCCCCCCCCCCCCBr.[Mg]. The van der Waals surface area contributed by atoms with Gasteiger partial charge in [-0.1, -0.05) is 93.5 Å². The highest BCUT2D eigenvalue weighted by Gasteiger charge is 1.92. The number of rotatable bonds is 12. The van der Waals surface area contributed by atoms with Gasteiger partial charge >= 0.3 is 0 Å². The van der Waals surface area contributed by atoms with Gasteiger partial charge in [0.1, 0.15) is 0 Å². The van der Waals surface area contributed by atoms with Gasteiger partial charge in [-0.2, -0.15) is 0 Å². The number of unbranched alkanes of at least 4 members (excludes halogenated alkanes) is 11.